The highest BCUT2D eigenvalue weighted by Crippen LogP contribution is 2.44. The molecule has 2 nitrogen and oxygen atoms in total. The molecular formula is C11H10Cl2N2. The molecule has 2 rings (SSSR count). The van der Waals surface area contributed by atoms with E-state index in [1.165, 1.54) is 0 Å². The quantitative estimate of drug-likeness (QED) is 0.875. The van der Waals surface area contributed by atoms with E-state index in [0.717, 1.165) is 18.5 Å². The number of anilines is 1. The normalized spacial score (nSPS) is 16.9. The fourth-order valence-electron chi connectivity index (χ4n) is 1.36. The van der Waals surface area contributed by atoms with E-state index in [9.17, 15) is 0 Å². The van der Waals surface area contributed by atoms with Crippen LogP contribution in [0.15, 0.2) is 18.2 Å². The molecule has 0 heterocycles. The monoisotopic (exact) mass is 240 g/mol. The maximum absolute atomic E-state index is 8.90. The van der Waals surface area contributed by atoms with Crippen molar-refractivity contribution in [1.29, 1.82) is 5.26 Å². The molecule has 0 atom stereocenters. The number of nitrogens with zero attached hydrogens (tertiary/aromatic N) is 1. The zero-order valence-corrected chi connectivity index (χ0v) is 9.57. The number of rotatable bonds is 3. The highest BCUT2D eigenvalue weighted by atomic mass is 35.5. The van der Waals surface area contributed by atoms with Gasteiger partial charge in [0.05, 0.1) is 21.5 Å². The zero-order valence-electron chi connectivity index (χ0n) is 8.06. The topological polar surface area (TPSA) is 35.8 Å². The van der Waals surface area contributed by atoms with E-state index in [1.54, 1.807) is 12.1 Å². The van der Waals surface area contributed by atoms with Gasteiger partial charge in [-0.2, -0.15) is 5.26 Å². The Morgan fingerprint density at radius 1 is 1.33 bits per heavy atom. The van der Waals surface area contributed by atoms with E-state index in [4.69, 9.17) is 28.5 Å². The molecule has 1 fully saturated rings. The van der Waals surface area contributed by atoms with Crippen LogP contribution >= 0.6 is 23.2 Å². The summed E-state index contributed by atoms with van der Waals surface area (Å²) < 4.78 is 0. The van der Waals surface area contributed by atoms with Gasteiger partial charge in [0.15, 0.2) is 0 Å². The Morgan fingerprint density at radius 3 is 2.60 bits per heavy atom. The molecule has 0 bridgehead atoms. The molecule has 0 aromatic heterocycles. The van der Waals surface area contributed by atoms with Gasteiger partial charge in [0.25, 0.3) is 0 Å². The lowest BCUT2D eigenvalue weighted by molar-refractivity contribution is 0.711. The molecule has 0 amide bonds. The third kappa shape index (κ3) is 2.37. The number of hydrogen-bond donors (Lipinski definition) is 1. The van der Waals surface area contributed by atoms with Crippen molar-refractivity contribution in [2.24, 2.45) is 5.41 Å². The summed E-state index contributed by atoms with van der Waals surface area (Å²) in [7, 11) is 0. The molecule has 0 unspecified atom stereocenters. The smallest absolute Gasteiger partial charge is 0.0747 e. The summed E-state index contributed by atoms with van der Waals surface area (Å²) in [6.45, 7) is 0.682. The molecule has 0 spiro atoms. The minimum absolute atomic E-state index is 0.147. The predicted molar refractivity (Wildman–Crippen MR) is 62.2 cm³/mol. The van der Waals surface area contributed by atoms with Crippen LogP contribution in [0.1, 0.15) is 12.8 Å². The van der Waals surface area contributed by atoms with Crippen molar-refractivity contribution in [3.8, 4) is 6.07 Å². The first-order valence-corrected chi connectivity index (χ1v) is 5.51. The molecule has 1 saturated carbocycles. The number of halogens is 2. The van der Waals surface area contributed by atoms with Crippen molar-refractivity contribution < 1.29 is 0 Å². The van der Waals surface area contributed by atoms with Crippen molar-refractivity contribution in [3.05, 3.63) is 28.2 Å². The SMILES string of the molecule is N#CC1(CNc2ccc(Cl)c(Cl)c2)CC1. The fourth-order valence-corrected chi connectivity index (χ4v) is 1.65. The van der Waals surface area contributed by atoms with Crippen LogP contribution in [0.25, 0.3) is 0 Å². The van der Waals surface area contributed by atoms with Crippen LogP contribution in [0.3, 0.4) is 0 Å². The summed E-state index contributed by atoms with van der Waals surface area (Å²) in [5.74, 6) is 0. The summed E-state index contributed by atoms with van der Waals surface area (Å²) in [4.78, 5) is 0. The van der Waals surface area contributed by atoms with E-state index in [2.05, 4.69) is 11.4 Å². The molecule has 78 valence electrons. The first kappa shape index (κ1) is 10.6. The van der Waals surface area contributed by atoms with E-state index in [0.29, 0.717) is 16.6 Å². The van der Waals surface area contributed by atoms with Crippen LogP contribution in [-0.2, 0) is 0 Å². The highest BCUT2D eigenvalue weighted by molar-refractivity contribution is 6.42. The van der Waals surface area contributed by atoms with Crippen LogP contribution < -0.4 is 5.32 Å². The second-order valence-electron chi connectivity index (χ2n) is 3.87. The first-order chi connectivity index (χ1) is 7.15. The Labute approximate surface area is 98.8 Å². The minimum Gasteiger partial charge on any atom is -0.383 e. The zero-order chi connectivity index (χ0) is 10.9. The molecule has 4 heteroatoms. The third-order valence-electron chi connectivity index (χ3n) is 2.64. The third-order valence-corrected chi connectivity index (χ3v) is 3.38. The van der Waals surface area contributed by atoms with Gasteiger partial charge in [-0.25, -0.2) is 0 Å². The van der Waals surface area contributed by atoms with Gasteiger partial charge in [0.2, 0.25) is 0 Å². The predicted octanol–water partition coefficient (Wildman–Crippen LogP) is 3.71. The lowest BCUT2D eigenvalue weighted by Crippen LogP contribution is -2.13. The van der Waals surface area contributed by atoms with Gasteiger partial charge in [0.1, 0.15) is 0 Å². The number of nitriles is 1. The van der Waals surface area contributed by atoms with E-state index < -0.39 is 0 Å². The van der Waals surface area contributed by atoms with Crippen LogP contribution in [0, 0.1) is 16.7 Å². The maximum atomic E-state index is 8.90. The van der Waals surface area contributed by atoms with Crippen molar-refractivity contribution in [2.45, 2.75) is 12.8 Å². The van der Waals surface area contributed by atoms with Crippen molar-refractivity contribution >= 4 is 28.9 Å². The van der Waals surface area contributed by atoms with Gasteiger partial charge < -0.3 is 5.32 Å². The molecule has 1 aromatic carbocycles. The van der Waals surface area contributed by atoms with E-state index >= 15 is 0 Å². The van der Waals surface area contributed by atoms with Gasteiger partial charge in [-0.1, -0.05) is 23.2 Å². The number of hydrogen-bond acceptors (Lipinski definition) is 2. The second-order valence-corrected chi connectivity index (χ2v) is 4.69. The number of benzene rings is 1. The van der Waals surface area contributed by atoms with Gasteiger partial charge in [-0.05, 0) is 31.0 Å². The summed E-state index contributed by atoms with van der Waals surface area (Å²) >= 11 is 11.7. The van der Waals surface area contributed by atoms with Crippen molar-refractivity contribution in [3.63, 3.8) is 0 Å². The Bertz CT molecular complexity index is 419. The Balaban J connectivity index is 2.00. The summed E-state index contributed by atoms with van der Waals surface area (Å²) in [5.41, 5.74) is 0.762. The van der Waals surface area contributed by atoms with Crippen LogP contribution in [0.4, 0.5) is 5.69 Å². The largest absolute Gasteiger partial charge is 0.383 e. The lowest BCUT2D eigenvalue weighted by Gasteiger charge is -2.09. The Morgan fingerprint density at radius 2 is 2.07 bits per heavy atom. The van der Waals surface area contributed by atoms with Crippen LogP contribution in [-0.4, -0.2) is 6.54 Å². The molecule has 0 radical (unpaired) electrons. The van der Waals surface area contributed by atoms with Crippen molar-refractivity contribution in [2.75, 3.05) is 11.9 Å². The van der Waals surface area contributed by atoms with E-state index in [-0.39, 0.29) is 5.41 Å². The first-order valence-electron chi connectivity index (χ1n) is 4.75. The van der Waals surface area contributed by atoms with Gasteiger partial charge in [0, 0.05) is 12.2 Å². The second kappa shape index (κ2) is 3.92. The van der Waals surface area contributed by atoms with Crippen LogP contribution in [0.5, 0.6) is 0 Å². The molecule has 1 aromatic rings. The molecule has 1 aliphatic carbocycles. The minimum atomic E-state index is -0.147. The van der Waals surface area contributed by atoms with Gasteiger partial charge in [-0.3, -0.25) is 0 Å². The highest BCUT2D eigenvalue weighted by Gasteiger charge is 2.42. The Kier molecular flexibility index (Phi) is 2.77. The molecule has 1 N–H and O–H groups in total. The fraction of sp³-hybridized carbons (Fsp3) is 0.364. The molecule has 1 aliphatic rings. The maximum Gasteiger partial charge on any atom is 0.0747 e. The lowest BCUT2D eigenvalue weighted by atomic mass is 10.1. The standard InChI is InChI=1S/C11H10Cl2N2/c12-9-2-1-8(5-10(9)13)15-7-11(6-14)3-4-11/h1-2,5,15H,3-4,7H2. The molecular weight excluding hydrogens is 231 g/mol. The van der Waals surface area contributed by atoms with Gasteiger partial charge >= 0.3 is 0 Å². The molecule has 0 saturated heterocycles. The summed E-state index contributed by atoms with van der Waals surface area (Å²) in [6.07, 6.45) is 1.97. The summed E-state index contributed by atoms with van der Waals surface area (Å²) in [5, 5.41) is 13.2. The molecule has 15 heavy (non-hydrogen) atoms. The van der Waals surface area contributed by atoms with Gasteiger partial charge in [-0.15, -0.1) is 0 Å². The van der Waals surface area contributed by atoms with Crippen molar-refractivity contribution in [1.82, 2.24) is 0 Å². The molecule has 0 aliphatic heterocycles. The van der Waals surface area contributed by atoms with E-state index in [1.807, 2.05) is 6.07 Å². The summed E-state index contributed by atoms with van der Waals surface area (Å²) in [6, 6.07) is 7.71. The average molecular weight is 241 g/mol. The van der Waals surface area contributed by atoms with Crippen LogP contribution in [0.2, 0.25) is 10.0 Å². The average Bonchev–Trinajstić information content (AvgIpc) is 3.01. The number of nitrogens with one attached hydrogen (secondary N) is 1. The Hall–Kier alpha value is -0.910.